The molecule has 0 heterocycles. The minimum Gasteiger partial charge on any atom is -0.481 e. The largest absolute Gasteiger partial charge is 0.481 e. The first-order valence-electron chi connectivity index (χ1n) is 6.13. The Kier molecular flexibility index (Phi) is 7.45. The van der Waals surface area contributed by atoms with Crippen LogP contribution in [0, 0.1) is 5.41 Å². The minimum absolute atomic E-state index is 0.335. The van der Waals surface area contributed by atoms with Gasteiger partial charge in [-0.2, -0.15) is 0 Å². The Balaban J connectivity index is 3.09. The number of aliphatic carboxylic acids is 1. The summed E-state index contributed by atoms with van der Waals surface area (Å²) in [6.45, 7) is 6.83. The highest BCUT2D eigenvalue weighted by atomic mass is 16.4. The molecule has 15 heavy (non-hydrogen) atoms. The molecular weight excluding hydrogens is 188 g/mol. The fourth-order valence-electron chi connectivity index (χ4n) is 1.64. The van der Waals surface area contributed by atoms with Crippen LogP contribution in [-0.2, 0) is 4.79 Å². The lowest BCUT2D eigenvalue weighted by atomic mass is 9.89. The van der Waals surface area contributed by atoms with Crippen LogP contribution in [0.5, 0.6) is 0 Å². The first kappa shape index (κ1) is 14.5. The van der Waals surface area contributed by atoms with Gasteiger partial charge in [-0.15, -0.1) is 0 Å². The summed E-state index contributed by atoms with van der Waals surface area (Å²) in [6.07, 6.45) is 8.60. The van der Waals surface area contributed by atoms with E-state index in [-0.39, 0.29) is 0 Å². The molecule has 0 spiro atoms. The molecule has 0 aromatic heterocycles. The second kappa shape index (κ2) is 7.72. The lowest BCUT2D eigenvalue weighted by Crippen LogP contribution is -2.03. The van der Waals surface area contributed by atoms with Gasteiger partial charge in [0.15, 0.2) is 0 Å². The summed E-state index contributed by atoms with van der Waals surface area (Å²) < 4.78 is 0. The van der Waals surface area contributed by atoms with E-state index in [2.05, 4.69) is 20.8 Å². The molecule has 0 aliphatic rings. The van der Waals surface area contributed by atoms with E-state index in [1.165, 1.54) is 32.1 Å². The molecule has 0 unspecified atom stereocenters. The van der Waals surface area contributed by atoms with Crippen LogP contribution in [0.25, 0.3) is 0 Å². The van der Waals surface area contributed by atoms with E-state index >= 15 is 0 Å². The van der Waals surface area contributed by atoms with E-state index in [0.29, 0.717) is 11.8 Å². The number of carbonyl (C=O) groups is 1. The van der Waals surface area contributed by atoms with Crippen molar-refractivity contribution in [2.75, 3.05) is 0 Å². The summed E-state index contributed by atoms with van der Waals surface area (Å²) in [5.41, 5.74) is 0.462. The number of carboxylic acid groups (broad SMARTS) is 1. The highest BCUT2D eigenvalue weighted by molar-refractivity contribution is 5.66. The van der Waals surface area contributed by atoms with Crippen molar-refractivity contribution in [2.45, 2.75) is 72.1 Å². The van der Waals surface area contributed by atoms with Crippen molar-refractivity contribution in [3.8, 4) is 0 Å². The summed E-state index contributed by atoms with van der Waals surface area (Å²) in [6, 6.07) is 0. The van der Waals surface area contributed by atoms with Crippen LogP contribution in [0.1, 0.15) is 72.1 Å². The minimum atomic E-state index is -0.664. The molecular formula is C13H26O2. The first-order chi connectivity index (χ1) is 6.92. The number of unbranched alkanes of at least 4 members (excludes halogenated alkanes) is 5. The summed E-state index contributed by atoms with van der Waals surface area (Å²) >= 11 is 0. The average Bonchev–Trinajstić information content (AvgIpc) is 2.07. The quantitative estimate of drug-likeness (QED) is 0.614. The van der Waals surface area contributed by atoms with E-state index in [1.54, 1.807) is 0 Å². The molecule has 0 radical (unpaired) electrons. The van der Waals surface area contributed by atoms with E-state index in [9.17, 15) is 4.79 Å². The first-order valence-corrected chi connectivity index (χ1v) is 6.13. The second-order valence-electron chi connectivity index (χ2n) is 5.58. The lowest BCUT2D eigenvalue weighted by Gasteiger charge is -2.17. The molecule has 1 N–H and O–H groups in total. The topological polar surface area (TPSA) is 37.3 Å². The summed E-state index contributed by atoms with van der Waals surface area (Å²) in [7, 11) is 0. The Hall–Kier alpha value is -0.530. The zero-order valence-electron chi connectivity index (χ0n) is 10.5. The Morgan fingerprint density at radius 3 is 1.87 bits per heavy atom. The molecule has 0 saturated carbocycles. The van der Waals surface area contributed by atoms with Crippen LogP contribution in [0.4, 0.5) is 0 Å². The lowest BCUT2D eigenvalue weighted by molar-refractivity contribution is -0.137. The molecule has 0 saturated heterocycles. The molecule has 2 nitrogen and oxygen atoms in total. The van der Waals surface area contributed by atoms with Gasteiger partial charge in [0.25, 0.3) is 0 Å². The van der Waals surface area contributed by atoms with Crippen molar-refractivity contribution in [1.82, 2.24) is 0 Å². The Labute approximate surface area is 94.1 Å². The normalized spacial score (nSPS) is 11.7. The van der Waals surface area contributed by atoms with Gasteiger partial charge >= 0.3 is 5.97 Å². The highest BCUT2D eigenvalue weighted by Crippen LogP contribution is 2.22. The SMILES string of the molecule is CC(C)(C)CCCCCCCCC(=O)O. The third-order valence-corrected chi connectivity index (χ3v) is 2.57. The van der Waals surface area contributed by atoms with Crippen LogP contribution in [0.15, 0.2) is 0 Å². The van der Waals surface area contributed by atoms with Crippen LogP contribution in [0.3, 0.4) is 0 Å². The standard InChI is InChI=1S/C13H26O2/c1-13(2,3)11-9-7-5-4-6-8-10-12(14)15/h4-11H2,1-3H3,(H,14,15). The van der Waals surface area contributed by atoms with Crippen LogP contribution in [-0.4, -0.2) is 11.1 Å². The van der Waals surface area contributed by atoms with E-state index in [1.807, 2.05) is 0 Å². The van der Waals surface area contributed by atoms with Gasteiger partial charge in [-0.3, -0.25) is 4.79 Å². The number of carboxylic acids is 1. The third kappa shape index (κ3) is 13.5. The molecule has 0 aromatic carbocycles. The zero-order valence-corrected chi connectivity index (χ0v) is 10.5. The fourth-order valence-corrected chi connectivity index (χ4v) is 1.64. The van der Waals surface area contributed by atoms with Gasteiger partial charge in [-0.05, 0) is 18.3 Å². The van der Waals surface area contributed by atoms with Crippen molar-refractivity contribution in [3.05, 3.63) is 0 Å². The molecule has 0 bridgehead atoms. The van der Waals surface area contributed by atoms with Gasteiger partial charge in [0.2, 0.25) is 0 Å². The van der Waals surface area contributed by atoms with Gasteiger partial charge in [-0.1, -0.05) is 52.9 Å². The number of hydrogen-bond acceptors (Lipinski definition) is 1. The van der Waals surface area contributed by atoms with Gasteiger partial charge < -0.3 is 5.11 Å². The van der Waals surface area contributed by atoms with Crippen LogP contribution in [0.2, 0.25) is 0 Å². The average molecular weight is 214 g/mol. The molecule has 90 valence electrons. The van der Waals surface area contributed by atoms with Crippen molar-refractivity contribution >= 4 is 5.97 Å². The van der Waals surface area contributed by atoms with E-state index < -0.39 is 5.97 Å². The maximum Gasteiger partial charge on any atom is 0.303 e. The van der Waals surface area contributed by atoms with Crippen molar-refractivity contribution in [1.29, 1.82) is 0 Å². The Morgan fingerprint density at radius 1 is 0.933 bits per heavy atom. The zero-order chi connectivity index (χ0) is 11.7. The molecule has 0 aliphatic heterocycles. The van der Waals surface area contributed by atoms with Gasteiger partial charge in [0.1, 0.15) is 0 Å². The number of rotatable bonds is 8. The predicted octanol–water partition coefficient (Wildman–Crippen LogP) is 4.24. The van der Waals surface area contributed by atoms with Crippen molar-refractivity contribution < 1.29 is 9.90 Å². The van der Waals surface area contributed by atoms with E-state index in [0.717, 1.165) is 12.8 Å². The fraction of sp³-hybridized carbons (Fsp3) is 0.923. The van der Waals surface area contributed by atoms with E-state index in [4.69, 9.17) is 5.11 Å². The molecule has 0 fully saturated rings. The van der Waals surface area contributed by atoms with Gasteiger partial charge in [0, 0.05) is 6.42 Å². The van der Waals surface area contributed by atoms with Crippen molar-refractivity contribution in [3.63, 3.8) is 0 Å². The van der Waals surface area contributed by atoms with Gasteiger partial charge in [-0.25, -0.2) is 0 Å². The van der Waals surface area contributed by atoms with Gasteiger partial charge in [0.05, 0.1) is 0 Å². The van der Waals surface area contributed by atoms with Crippen LogP contribution >= 0.6 is 0 Å². The molecule has 0 atom stereocenters. The summed E-state index contributed by atoms with van der Waals surface area (Å²) in [4.78, 5) is 10.2. The molecule has 0 aliphatic carbocycles. The smallest absolute Gasteiger partial charge is 0.303 e. The maximum atomic E-state index is 10.2. The molecule has 0 amide bonds. The summed E-state index contributed by atoms with van der Waals surface area (Å²) in [5, 5.41) is 8.44. The molecule has 0 aromatic rings. The highest BCUT2D eigenvalue weighted by Gasteiger charge is 2.08. The number of hydrogen-bond donors (Lipinski definition) is 1. The molecule has 0 rings (SSSR count). The second-order valence-corrected chi connectivity index (χ2v) is 5.58. The monoisotopic (exact) mass is 214 g/mol. The predicted molar refractivity (Wildman–Crippen MR) is 64.0 cm³/mol. The summed E-state index contributed by atoms with van der Waals surface area (Å²) in [5.74, 6) is -0.664. The Bertz CT molecular complexity index is 168. The third-order valence-electron chi connectivity index (χ3n) is 2.57. The molecule has 2 heteroatoms. The maximum absolute atomic E-state index is 10.2. The Morgan fingerprint density at radius 2 is 1.40 bits per heavy atom. The van der Waals surface area contributed by atoms with Crippen LogP contribution < -0.4 is 0 Å². The van der Waals surface area contributed by atoms with Crippen molar-refractivity contribution in [2.24, 2.45) is 5.41 Å².